The molecule has 2 fully saturated rings. The van der Waals surface area contributed by atoms with Crippen molar-refractivity contribution in [3.8, 4) is 0 Å². The van der Waals surface area contributed by atoms with Crippen molar-refractivity contribution >= 4 is 29.5 Å². The molecule has 0 bridgehead atoms. The maximum absolute atomic E-state index is 14.8. The zero-order chi connectivity index (χ0) is 23.4. The molecule has 0 aromatic heterocycles. The van der Waals surface area contributed by atoms with Gasteiger partial charge in [-0.25, -0.2) is 14.0 Å². The normalized spacial score (nSPS) is 17.9. The fourth-order valence-corrected chi connectivity index (χ4v) is 3.79. The van der Waals surface area contributed by atoms with Crippen LogP contribution in [-0.4, -0.2) is 56.4 Å². The molecule has 2 heterocycles. The minimum absolute atomic E-state index is 0.113. The topological polar surface area (TPSA) is 100 Å². The highest BCUT2D eigenvalue weighted by Crippen LogP contribution is 2.30. The number of hydrogen-bond acceptors (Lipinski definition) is 6. The number of ether oxygens (including phenoxy) is 2. The summed E-state index contributed by atoms with van der Waals surface area (Å²) in [5.41, 5.74) is 1.63. The maximum atomic E-state index is 14.8. The van der Waals surface area contributed by atoms with E-state index in [4.69, 9.17) is 9.47 Å². The van der Waals surface area contributed by atoms with Gasteiger partial charge in [0, 0.05) is 26.6 Å². The lowest BCUT2D eigenvalue weighted by Crippen LogP contribution is -2.59. The van der Waals surface area contributed by atoms with Crippen molar-refractivity contribution < 1.29 is 28.2 Å². The second-order valence-electron chi connectivity index (χ2n) is 7.98. The number of benzene rings is 2. The summed E-state index contributed by atoms with van der Waals surface area (Å²) in [4.78, 5) is 38.4. The predicted molar refractivity (Wildman–Crippen MR) is 118 cm³/mol. The summed E-state index contributed by atoms with van der Waals surface area (Å²) in [5, 5.41) is 5.42. The second kappa shape index (κ2) is 9.76. The van der Waals surface area contributed by atoms with Crippen molar-refractivity contribution in [2.45, 2.75) is 25.6 Å². The first-order chi connectivity index (χ1) is 15.9. The van der Waals surface area contributed by atoms with Gasteiger partial charge in [-0.15, -0.1) is 0 Å². The Morgan fingerprint density at radius 1 is 1.18 bits per heavy atom. The number of amides is 3. The fourth-order valence-electron chi connectivity index (χ4n) is 3.79. The van der Waals surface area contributed by atoms with Crippen LogP contribution in [0.4, 0.5) is 25.4 Å². The monoisotopic (exact) mass is 456 g/mol. The first-order valence-electron chi connectivity index (χ1n) is 10.6. The highest BCUT2D eigenvalue weighted by atomic mass is 19.1. The zero-order valence-electron chi connectivity index (χ0n) is 18.1. The number of anilines is 2. The highest BCUT2D eigenvalue weighted by Gasteiger charge is 2.35. The first kappa shape index (κ1) is 22.4. The van der Waals surface area contributed by atoms with Gasteiger partial charge >= 0.3 is 12.2 Å². The molecule has 0 radical (unpaired) electrons. The number of alkyl carbamates (subject to hydrolysis) is 1. The van der Waals surface area contributed by atoms with E-state index in [-0.39, 0.29) is 31.7 Å². The number of nitrogens with one attached hydrogen (secondary N) is 2. The smallest absolute Gasteiger partial charge is 0.414 e. The Hall–Kier alpha value is -3.82. The molecule has 2 aliphatic rings. The Labute approximate surface area is 190 Å². The molecule has 10 heteroatoms. The lowest BCUT2D eigenvalue weighted by atomic mass is 10.1. The fraction of sp³-hybridized carbons (Fsp3) is 0.348. The van der Waals surface area contributed by atoms with Gasteiger partial charge in [0.1, 0.15) is 19.0 Å². The number of carbonyl (C=O) groups excluding carboxylic acids is 3. The van der Waals surface area contributed by atoms with Crippen LogP contribution in [0.25, 0.3) is 0 Å². The number of nitrogens with zero attached hydrogens (tertiary/aromatic N) is 2. The number of hydrogen-bond donors (Lipinski definition) is 2. The Balaban J connectivity index is 1.30. The van der Waals surface area contributed by atoms with Crippen LogP contribution in [-0.2, 0) is 20.9 Å². The molecular weight excluding hydrogens is 431 g/mol. The molecule has 4 rings (SSSR count). The van der Waals surface area contributed by atoms with Gasteiger partial charge in [-0.3, -0.25) is 9.69 Å². The second-order valence-corrected chi connectivity index (χ2v) is 7.98. The third kappa shape index (κ3) is 5.33. The van der Waals surface area contributed by atoms with E-state index < -0.39 is 24.0 Å². The summed E-state index contributed by atoms with van der Waals surface area (Å²) in [5.74, 6) is -0.712. The Morgan fingerprint density at radius 3 is 2.64 bits per heavy atom. The molecule has 174 valence electrons. The van der Waals surface area contributed by atoms with Crippen LogP contribution in [0.1, 0.15) is 12.5 Å². The zero-order valence-corrected chi connectivity index (χ0v) is 18.1. The Bertz CT molecular complexity index is 1030. The minimum Gasteiger partial charge on any atom is -0.447 e. The molecule has 2 saturated heterocycles. The number of cyclic esters (lactones) is 1. The van der Waals surface area contributed by atoms with Crippen LogP contribution in [0.3, 0.4) is 0 Å². The van der Waals surface area contributed by atoms with Crippen LogP contribution < -0.4 is 20.4 Å². The van der Waals surface area contributed by atoms with Crippen LogP contribution in [0, 0.1) is 5.82 Å². The lowest BCUT2D eigenvalue weighted by molar-refractivity contribution is -0.119. The molecule has 1 atom stereocenters. The maximum Gasteiger partial charge on any atom is 0.414 e. The van der Waals surface area contributed by atoms with Crippen molar-refractivity contribution in [3.63, 3.8) is 0 Å². The molecule has 0 saturated carbocycles. The van der Waals surface area contributed by atoms with E-state index in [0.717, 1.165) is 5.56 Å². The van der Waals surface area contributed by atoms with E-state index in [2.05, 4.69) is 10.6 Å². The van der Waals surface area contributed by atoms with Gasteiger partial charge in [0.2, 0.25) is 5.91 Å². The summed E-state index contributed by atoms with van der Waals surface area (Å²) in [7, 11) is 0. The molecule has 2 N–H and O–H groups in total. The van der Waals surface area contributed by atoms with Crippen LogP contribution in [0.2, 0.25) is 0 Å². The van der Waals surface area contributed by atoms with Crippen molar-refractivity contribution in [2.24, 2.45) is 0 Å². The quantitative estimate of drug-likeness (QED) is 0.664. The summed E-state index contributed by atoms with van der Waals surface area (Å²) >= 11 is 0. The first-order valence-corrected chi connectivity index (χ1v) is 10.6. The molecule has 33 heavy (non-hydrogen) atoms. The average molecular weight is 456 g/mol. The van der Waals surface area contributed by atoms with E-state index >= 15 is 0 Å². The Morgan fingerprint density at radius 2 is 1.94 bits per heavy atom. The van der Waals surface area contributed by atoms with Crippen LogP contribution >= 0.6 is 0 Å². The van der Waals surface area contributed by atoms with E-state index in [0.29, 0.717) is 24.5 Å². The van der Waals surface area contributed by atoms with E-state index in [1.165, 1.54) is 17.9 Å². The molecule has 0 aliphatic carbocycles. The highest BCUT2D eigenvalue weighted by molar-refractivity contribution is 5.90. The van der Waals surface area contributed by atoms with E-state index in [1.54, 1.807) is 17.0 Å². The molecule has 0 unspecified atom stereocenters. The van der Waals surface area contributed by atoms with Crippen LogP contribution in [0.5, 0.6) is 0 Å². The van der Waals surface area contributed by atoms with Crippen molar-refractivity contribution in [3.05, 3.63) is 59.9 Å². The summed E-state index contributed by atoms with van der Waals surface area (Å²) in [6.07, 6.45) is -1.10. The van der Waals surface area contributed by atoms with Gasteiger partial charge < -0.3 is 25.0 Å². The van der Waals surface area contributed by atoms with Gasteiger partial charge in [0.25, 0.3) is 0 Å². The SMILES string of the molecule is CC(=O)NC[C@H]1COC(=O)N1c1ccc(N2CC(NC(=O)OCc3ccccc3)C2)c(F)c1. The summed E-state index contributed by atoms with van der Waals surface area (Å²) in [6.45, 7) is 2.77. The third-order valence-electron chi connectivity index (χ3n) is 5.51. The molecular formula is C23H25FN4O5. The average Bonchev–Trinajstić information content (AvgIpc) is 3.14. The van der Waals surface area contributed by atoms with Gasteiger partial charge in [-0.1, -0.05) is 30.3 Å². The molecule has 0 spiro atoms. The number of rotatable bonds is 7. The standard InChI is InChI=1S/C23H25FN4O5/c1-15(29)25-10-19-14-33-23(31)28(19)18-7-8-21(20(24)9-18)27-11-17(12-27)26-22(30)32-13-16-5-3-2-4-6-16/h2-9,17,19H,10-14H2,1H3,(H,25,29)(H,26,30)/t19-/m0/s1. The lowest BCUT2D eigenvalue weighted by Gasteiger charge is -2.41. The van der Waals surface area contributed by atoms with Gasteiger partial charge in [-0.2, -0.15) is 0 Å². The van der Waals surface area contributed by atoms with Crippen molar-refractivity contribution in [1.82, 2.24) is 10.6 Å². The third-order valence-corrected chi connectivity index (χ3v) is 5.51. The summed E-state index contributed by atoms with van der Waals surface area (Å²) < 4.78 is 25.1. The van der Waals surface area contributed by atoms with Crippen molar-refractivity contribution in [1.29, 1.82) is 0 Å². The molecule has 2 aromatic rings. The molecule has 2 aromatic carbocycles. The van der Waals surface area contributed by atoms with Crippen LogP contribution in [0.15, 0.2) is 48.5 Å². The van der Waals surface area contributed by atoms with Crippen molar-refractivity contribution in [2.75, 3.05) is 36.0 Å². The largest absolute Gasteiger partial charge is 0.447 e. The number of halogens is 1. The Kier molecular flexibility index (Phi) is 6.62. The summed E-state index contributed by atoms with van der Waals surface area (Å²) in [6, 6.07) is 13.3. The van der Waals surface area contributed by atoms with Gasteiger partial charge in [0.05, 0.1) is 23.5 Å². The van der Waals surface area contributed by atoms with Gasteiger partial charge in [0.15, 0.2) is 0 Å². The molecule has 9 nitrogen and oxygen atoms in total. The van der Waals surface area contributed by atoms with E-state index in [1.807, 2.05) is 30.3 Å². The van der Waals surface area contributed by atoms with E-state index in [9.17, 15) is 18.8 Å². The molecule has 2 aliphatic heterocycles. The minimum atomic E-state index is -0.584. The predicted octanol–water partition coefficient (Wildman–Crippen LogP) is 2.40. The van der Waals surface area contributed by atoms with Gasteiger partial charge in [-0.05, 0) is 23.8 Å². The molecule has 3 amide bonds. The number of carbonyl (C=O) groups is 3.